The van der Waals surface area contributed by atoms with E-state index in [-0.39, 0.29) is 34.3 Å². The van der Waals surface area contributed by atoms with Gasteiger partial charge in [-0.3, -0.25) is 0 Å². The maximum absolute atomic E-state index is 15.9. The fourth-order valence-electron chi connectivity index (χ4n) is 11.2. The highest BCUT2D eigenvalue weighted by molar-refractivity contribution is 7.01. The molecule has 112 heavy (non-hydrogen) atoms. The second-order valence-electron chi connectivity index (χ2n) is 23.1. The molecular formula is C72H30B2Cl2F36. The molecule has 10 aromatic rings. The minimum atomic E-state index is -5.15. The smallest absolute Gasteiger partial charge is 0.204 e. The Morgan fingerprint density at radius 1 is 0.232 bits per heavy atom. The first-order valence-corrected chi connectivity index (χ1v) is 31.4. The largest absolute Gasteiger partial charge is 0.416 e. The molecule has 0 heterocycles. The monoisotopic (exact) mass is 1670 g/mol. The van der Waals surface area contributed by atoms with E-state index in [1.165, 1.54) is 25.7 Å². The Balaban J connectivity index is 0.000000262. The van der Waals surface area contributed by atoms with Gasteiger partial charge < -0.3 is 0 Å². The van der Waals surface area contributed by atoms with Crippen LogP contribution in [0.4, 0.5) is 158 Å². The van der Waals surface area contributed by atoms with E-state index in [0.29, 0.717) is 24.3 Å². The highest BCUT2D eigenvalue weighted by Crippen LogP contribution is 2.45. The molecule has 0 aliphatic rings. The van der Waals surface area contributed by atoms with Crippen molar-refractivity contribution in [3.05, 3.63) is 326 Å². The minimum Gasteiger partial charge on any atom is -0.204 e. The van der Waals surface area contributed by atoms with Crippen LogP contribution in [0.5, 0.6) is 0 Å². The average Bonchev–Trinajstić information content (AvgIpc) is 0.725. The molecule has 0 spiro atoms. The van der Waals surface area contributed by atoms with Gasteiger partial charge in [-0.05, 0) is 92.9 Å². The van der Waals surface area contributed by atoms with E-state index in [2.05, 4.69) is 13.8 Å². The van der Waals surface area contributed by atoms with Gasteiger partial charge in [-0.1, -0.05) is 111 Å². The van der Waals surface area contributed by atoms with Crippen LogP contribution in [0.2, 0.25) is 10.0 Å². The first kappa shape index (κ1) is 87.4. The molecule has 0 bridgehead atoms. The standard InChI is InChI=1S/2C33H8BClF18.C6H14/c2*35-12-7-3-10(4-8-12)13(9-1-5-11(6-2-9)33(51,52)53)15(14-18(36)24(42)30(48)25(43)19(14)37)34(16-20(38)26(44)31(49)27(45)21(16)39)17-22(40)28(46)32(50)29(47)23(17)41;1-3-5-6-4-2/h2*1-8H;3-6H2,1-2H3/b2*15-13-;. The first-order valence-electron chi connectivity index (χ1n) is 30.6. The van der Waals surface area contributed by atoms with Crippen LogP contribution in [0.3, 0.4) is 0 Å². The molecule has 0 atom stereocenters. The van der Waals surface area contributed by atoms with E-state index in [1.807, 2.05) is 0 Å². The van der Waals surface area contributed by atoms with Gasteiger partial charge in [0.05, 0.1) is 11.1 Å². The van der Waals surface area contributed by atoms with Gasteiger partial charge in [0.15, 0.2) is 163 Å². The quantitative estimate of drug-likeness (QED) is 0.0240. The van der Waals surface area contributed by atoms with Crippen molar-refractivity contribution in [1.82, 2.24) is 0 Å². The molecule has 0 amide bonds. The summed E-state index contributed by atoms with van der Waals surface area (Å²) < 4.78 is 533. The third-order valence-electron chi connectivity index (χ3n) is 16.4. The van der Waals surface area contributed by atoms with Crippen LogP contribution in [-0.4, -0.2) is 13.4 Å². The van der Waals surface area contributed by atoms with Crippen molar-refractivity contribution < 1.29 is 158 Å². The van der Waals surface area contributed by atoms with Gasteiger partial charge in [-0.2, -0.15) is 26.3 Å². The van der Waals surface area contributed by atoms with Crippen molar-refractivity contribution in [2.24, 2.45) is 0 Å². The van der Waals surface area contributed by atoms with E-state index in [0.717, 1.165) is 48.5 Å². The lowest BCUT2D eigenvalue weighted by Gasteiger charge is -2.27. The molecule has 0 aliphatic carbocycles. The zero-order chi connectivity index (χ0) is 84.0. The van der Waals surface area contributed by atoms with Gasteiger partial charge in [-0.15, -0.1) is 0 Å². The molecule has 0 fully saturated rings. The normalized spacial score (nSPS) is 12.2. The van der Waals surface area contributed by atoms with Crippen LogP contribution in [0.1, 0.15) is 84.0 Å². The van der Waals surface area contributed by atoms with Gasteiger partial charge in [0.25, 0.3) is 13.4 Å². The SMILES string of the molecule is CCCCCC.Fc1c(F)c(F)c(B(/C(=C(\c2ccc(Cl)cc2)c2ccc(C(F)(F)F)cc2)c2c(F)c(F)c(F)c(F)c2F)c2c(F)c(F)c(F)c(F)c2F)c(F)c1F.Fc1c(F)c(F)c(B(/C(=C(\c2ccc(Cl)cc2)c2ccc(C(F)(F)F)cc2)c2c(F)c(F)c(F)c(F)c2F)c2c(F)c(F)c(F)c(F)c2F)c(F)c1F. The summed E-state index contributed by atoms with van der Waals surface area (Å²) in [5, 5.41) is -0.483. The summed E-state index contributed by atoms with van der Waals surface area (Å²) in [6.07, 6.45) is -4.77. The molecule has 0 aromatic heterocycles. The Kier molecular flexibility index (Phi) is 26.6. The molecule has 0 nitrogen and oxygen atoms in total. The summed E-state index contributed by atoms with van der Waals surface area (Å²) in [5.74, 6) is -91.5. The topological polar surface area (TPSA) is 0 Å². The molecule has 0 saturated carbocycles. The third-order valence-corrected chi connectivity index (χ3v) is 16.9. The summed E-state index contributed by atoms with van der Waals surface area (Å²) in [6.45, 7) is -3.53. The second kappa shape index (κ2) is 34.1. The lowest BCUT2D eigenvalue weighted by Crippen LogP contribution is -2.52. The predicted octanol–water partition coefficient (Wildman–Crippen LogP) is 23.1. The molecule has 0 saturated heterocycles. The van der Waals surface area contributed by atoms with E-state index in [1.54, 1.807) is 0 Å². The number of hydrogen-bond donors (Lipinski definition) is 0. The number of halogens is 38. The van der Waals surface area contributed by atoms with Gasteiger partial charge in [-0.25, -0.2) is 132 Å². The molecule has 0 radical (unpaired) electrons. The number of alkyl halides is 6. The predicted molar refractivity (Wildman–Crippen MR) is 335 cm³/mol. The fourth-order valence-corrected chi connectivity index (χ4v) is 11.5. The van der Waals surface area contributed by atoms with Crippen molar-refractivity contribution in [2.45, 2.75) is 51.9 Å². The van der Waals surface area contributed by atoms with Crippen molar-refractivity contribution in [3.8, 4) is 0 Å². The van der Waals surface area contributed by atoms with Crippen molar-refractivity contribution in [3.63, 3.8) is 0 Å². The van der Waals surface area contributed by atoms with E-state index < -0.39 is 289 Å². The molecule has 0 unspecified atom stereocenters. The average molecular weight is 1670 g/mol. The Hall–Kier alpha value is -10.1. The zero-order valence-corrected chi connectivity index (χ0v) is 56.1. The Morgan fingerprint density at radius 2 is 0.384 bits per heavy atom. The van der Waals surface area contributed by atoms with Crippen molar-refractivity contribution in [1.29, 1.82) is 0 Å². The maximum Gasteiger partial charge on any atom is 0.416 e. The Labute approximate surface area is 614 Å². The highest BCUT2D eigenvalue weighted by Gasteiger charge is 2.49. The van der Waals surface area contributed by atoms with Crippen molar-refractivity contribution >= 4 is 80.6 Å². The van der Waals surface area contributed by atoms with Crippen LogP contribution < -0.4 is 21.9 Å². The van der Waals surface area contributed by atoms with Crippen LogP contribution in [0.25, 0.3) is 22.1 Å². The van der Waals surface area contributed by atoms with Crippen LogP contribution in [0.15, 0.2) is 97.1 Å². The van der Waals surface area contributed by atoms with Crippen LogP contribution in [-0.2, 0) is 12.4 Å². The Morgan fingerprint density at radius 3 is 0.545 bits per heavy atom. The first-order chi connectivity index (χ1) is 52.2. The number of rotatable bonds is 15. The molecule has 40 heteroatoms. The summed E-state index contributed by atoms with van der Waals surface area (Å²) in [4.78, 5) is 0. The lowest BCUT2D eigenvalue weighted by molar-refractivity contribution is -0.138. The molecule has 590 valence electrons. The van der Waals surface area contributed by atoms with Gasteiger partial charge >= 0.3 is 12.4 Å². The summed E-state index contributed by atoms with van der Waals surface area (Å²) >= 11 is 11.7. The summed E-state index contributed by atoms with van der Waals surface area (Å²) in [6, 6.07) is 8.44. The van der Waals surface area contributed by atoms with E-state index >= 15 is 52.7 Å². The maximum atomic E-state index is 15.9. The number of hydrogen-bond acceptors (Lipinski definition) is 0. The zero-order valence-electron chi connectivity index (χ0n) is 54.6. The molecule has 0 aliphatic heterocycles. The molecular weight excluding hydrogens is 1640 g/mol. The van der Waals surface area contributed by atoms with Crippen LogP contribution >= 0.6 is 23.2 Å². The van der Waals surface area contributed by atoms with Gasteiger partial charge in [0.1, 0.15) is 0 Å². The number of unbranched alkanes of at least 4 members (excludes halogenated alkanes) is 3. The molecule has 0 N–H and O–H groups in total. The van der Waals surface area contributed by atoms with Gasteiger partial charge in [0.2, 0.25) is 11.6 Å². The fraction of sp³-hybridized carbons (Fsp3) is 0.111. The lowest BCUT2D eigenvalue weighted by atomic mass is 9.33. The second-order valence-corrected chi connectivity index (χ2v) is 24.0. The van der Waals surface area contributed by atoms with Crippen LogP contribution in [0, 0.1) is 175 Å². The third kappa shape index (κ3) is 16.3. The van der Waals surface area contributed by atoms with Crippen molar-refractivity contribution in [2.75, 3.05) is 0 Å². The van der Waals surface area contributed by atoms with E-state index in [4.69, 9.17) is 23.2 Å². The molecule has 10 rings (SSSR count). The van der Waals surface area contributed by atoms with E-state index in [9.17, 15) is 105 Å². The molecule has 10 aromatic carbocycles. The summed E-state index contributed by atoms with van der Waals surface area (Å²) in [5.41, 5.74) is -29.4. The number of benzene rings is 10. The highest BCUT2D eigenvalue weighted by atomic mass is 35.5. The Bertz CT molecular complexity index is 4760. The minimum absolute atomic E-state index is 0.188. The van der Waals surface area contributed by atoms with Gasteiger partial charge in [0, 0.05) is 43.0 Å². The summed E-state index contributed by atoms with van der Waals surface area (Å²) in [7, 11) is 0.